The molecule has 1 saturated heterocycles. The van der Waals surface area contributed by atoms with Gasteiger partial charge in [-0.1, -0.05) is 24.3 Å². The van der Waals surface area contributed by atoms with E-state index in [2.05, 4.69) is 15.5 Å². The number of carbonyl (C=O) groups is 2. The van der Waals surface area contributed by atoms with Gasteiger partial charge in [0.15, 0.2) is 0 Å². The van der Waals surface area contributed by atoms with Crippen molar-refractivity contribution in [1.29, 1.82) is 0 Å². The Morgan fingerprint density at radius 3 is 2.41 bits per heavy atom. The minimum Gasteiger partial charge on any atom is -0.363 e. The number of hydrogen-bond acceptors (Lipinski definition) is 6. The maximum atomic E-state index is 12.5. The van der Waals surface area contributed by atoms with E-state index in [9.17, 15) is 19.7 Å². The van der Waals surface area contributed by atoms with Gasteiger partial charge in [-0.2, -0.15) is 0 Å². The molecule has 2 aromatic rings. The number of para-hydroxylation sites is 3. The Kier molecular flexibility index (Phi) is 6.65. The van der Waals surface area contributed by atoms with Gasteiger partial charge in [0, 0.05) is 51.3 Å². The largest absolute Gasteiger partial charge is 0.363 e. The number of anilines is 2. The zero-order chi connectivity index (χ0) is 22.5. The molecule has 168 valence electrons. The second kappa shape index (κ2) is 9.78. The summed E-state index contributed by atoms with van der Waals surface area (Å²) in [6, 6.07) is 14.1. The highest BCUT2D eigenvalue weighted by Gasteiger charge is 2.26. The molecule has 0 bridgehead atoms. The quantitative estimate of drug-likeness (QED) is 0.486. The zero-order valence-corrected chi connectivity index (χ0v) is 17.8. The molecule has 1 saturated carbocycles. The first-order valence-electron chi connectivity index (χ1n) is 10.9. The number of rotatable bonds is 8. The van der Waals surface area contributed by atoms with Crippen LogP contribution in [-0.4, -0.2) is 60.4 Å². The van der Waals surface area contributed by atoms with Crippen LogP contribution in [0.1, 0.15) is 29.6 Å². The number of nitro benzene ring substituents is 1. The lowest BCUT2D eigenvalue weighted by Gasteiger charge is -2.35. The Labute approximate surface area is 186 Å². The number of piperazine rings is 1. The van der Waals surface area contributed by atoms with E-state index in [1.54, 1.807) is 36.4 Å². The Hall–Kier alpha value is -3.46. The molecule has 0 unspecified atom stereocenters. The highest BCUT2D eigenvalue weighted by atomic mass is 16.6. The molecule has 4 rings (SSSR count). The molecule has 1 heterocycles. The van der Waals surface area contributed by atoms with Crippen molar-refractivity contribution in [3.8, 4) is 0 Å². The summed E-state index contributed by atoms with van der Waals surface area (Å²) in [5.41, 5.74) is 1.75. The molecule has 2 N–H and O–H groups in total. The van der Waals surface area contributed by atoms with Crippen molar-refractivity contribution in [3.63, 3.8) is 0 Å². The third kappa shape index (κ3) is 5.42. The van der Waals surface area contributed by atoms with Crippen LogP contribution in [0.4, 0.5) is 17.1 Å². The van der Waals surface area contributed by atoms with Gasteiger partial charge in [0.1, 0.15) is 5.69 Å². The fraction of sp³-hybridized carbons (Fsp3) is 0.391. The second-order valence-electron chi connectivity index (χ2n) is 8.17. The van der Waals surface area contributed by atoms with Crippen LogP contribution in [0, 0.1) is 10.1 Å². The molecule has 0 spiro atoms. The van der Waals surface area contributed by atoms with Crippen molar-refractivity contribution in [2.45, 2.75) is 25.3 Å². The number of amides is 2. The maximum absolute atomic E-state index is 12.5. The molecule has 2 fully saturated rings. The third-order valence-electron chi connectivity index (χ3n) is 5.80. The zero-order valence-electron chi connectivity index (χ0n) is 17.8. The minimum atomic E-state index is -0.352. The van der Waals surface area contributed by atoms with Crippen LogP contribution in [-0.2, 0) is 4.79 Å². The summed E-state index contributed by atoms with van der Waals surface area (Å²) in [5, 5.41) is 17.1. The first-order chi connectivity index (χ1) is 15.5. The third-order valence-corrected chi connectivity index (χ3v) is 5.80. The van der Waals surface area contributed by atoms with Crippen molar-refractivity contribution in [2.24, 2.45) is 0 Å². The van der Waals surface area contributed by atoms with Crippen molar-refractivity contribution in [2.75, 3.05) is 42.9 Å². The lowest BCUT2D eigenvalue weighted by Crippen LogP contribution is -2.47. The van der Waals surface area contributed by atoms with Gasteiger partial charge in [-0.25, -0.2) is 0 Å². The number of hydrogen-bond donors (Lipinski definition) is 2. The smallest absolute Gasteiger partial charge is 0.292 e. The molecule has 2 amide bonds. The highest BCUT2D eigenvalue weighted by molar-refractivity contribution is 6.03. The van der Waals surface area contributed by atoms with E-state index >= 15 is 0 Å². The summed E-state index contributed by atoms with van der Waals surface area (Å²) in [7, 11) is 0. The van der Waals surface area contributed by atoms with Crippen LogP contribution in [0.5, 0.6) is 0 Å². The average molecular weight is 438 g/mol. The number of benzene rings is 2. The summed E-state index contributed by atoms with van der Waals surface area (Å²) in [4.78, 5) is 40.0. The van der Waals surface area contributed by atoms with Crippen molar-refractivity contribution in [1.82, 2.24) is 10.2 Å². The van der Waals surface area contributed by atoms with Gasteiger partial charge in [-0.3, -0.25) is 24.6 Å². The second-order valence-corrected chi connectivity index (χ2v) is 8.17. The molecular formula is C23H27N5O4. The highest BCUT2D eigenvalue weighted by Crippen LogP contribution is 2.28. The van der Waals surface area contributed by atoms with E-state index < -0.39 is 0 Å². The number of carbonyl (C=O) groups excluding carboxylic acids is 2. The Bertz CT molecular complexity index is 999. The predicted octanol–water partition coefficient (Wildman–Crippen LogP) is 2.64. The summed E-state index contributed by atoms with van der Waals surface area (Å²) in [6.07, 6.45) is 2.32. The van der Waals surface area contributed by atoms with E-state index in [-0.39, 0.29) is 28.5 Å². The van der Waals surface area contributed by atoms with Crippen molar-refractivity contribution in [3.05, 3.63) is 64.2 Å². The molecule has 0 aromatic heterocycles. The normalized spacial score (nSPS) is 16.4. The first kappa shape index (κ1) is 21.8. The lowest BCUT2D eigenvalue weighted by molar-refractivity contribution is -0.384. The van der Waals surface area contributed by atoms with E-state index in [1.807, 2.05) is 11.0 Å². The average Bonchev–Trinajstić information content (AvgIpc) is 3.62. The summed E-state index contributed by atoms with van der Waals surface area (Å²) in [6.45, 7) is 3.36. The molecule has 9 nitrogen and oxygen atoms in total. The number of nitrogens with one attached hydrogen (secondary N) is 2. The number of nitrogens with zero attached hydrogens (tertiary/aromatic N) is 3. The molecule has 2 aliphatic rings. The van der Waals surface area contributed by atoms with Crippen LogP contribution >= 0.6 is 0 Å². The standard InChI is InChI=1S/C23H27N5O4/c29-22(25-19-6-2-1-5-18(19)23(30)24-17-9-10-17)11-12-26-13-15-27(16-14-26)20-7-3-4-8-21(20)28(31)32/h1-8,17H,9-16H2,(H,24,30)(H,25,29). The minimum absolute atomic E-state index is 0.115. The molecule has 1 aliphatic carbocycles. The summed E-state index contributed by atoms with van der Waals surface area (Å²) >= 11 is 0. The monoisotopic (exact) mass is 437 g/mol. The summed E-state index contributed by atoms with van der Waals surface area (Å²) in [5.74, 6) is -0.299. The first-order valence-corrected chi connectivity index (χ1v) is 10.9. The van der Waals surface area contributed by atoms with Gasteiger partial charge in [0.05, 0.1) is 16.2 Å². The molecule has 1 aliphatic heterocycles. The van der Waals surface area contributed by atoms with E-state index in [0.717, 1.165) is 25.9 Å². The van der Waals surface area contributed by atoms with Crippen LogP contribution < -0.4 is 15.5 Å². The van der Waals surface area contributed by atoms with Gasteiger partial charge < -0.3 is 15.5 Å². The van der Waals surface area contributed by atoms with E-state index in [0.29, 0.717) is 43.0 Å². The molecule has 32 heavy (non-hydrogen) atoms. The van der Waals surface area contributed by atoms with Crippen LogP contribution in [0.25, 0.3) is 0 Å². The van der Waals surface area contributed by atoms with Crippen molar-refractivity contribution >= 4 is 28.9 Å². The van der Waals surface area contributed by atoms with Crippen LogP contribution in [0.15, 0.2) is 48.5 Å². The van der Waals surface area contributed by atoms with Gasteiger partial charge in [-0.15, -0.1) is 0 Å². The fourth-order valence-corrected chi connectivity index (χ4v) is 3.85. The van der Waals surface area contributed by atoms with E-state index in [4.69, 9.17) is 0 Å². The lowest BCUT2D eigenvalue weighted by atomic mass is 10.1. The Morgan fingerprint density at radius 2 is 1.69 bits per heavy atom. The molecule has 0 atom stereocenters. The van der Waals surface area contributed by atoms with Crippen molar-refractivity contribution < 1.29 is 14.5 Å². The molecule has 0 radical (unpaired) electrons. The van der Waals surface area contributed by atoms with Crippen LogP contribution in [0.2, 0.25) is 0 Å². The molecule has 9 heteroatoms. The molecular weight excluding hydrogens is 410 g/mol. The van der Waals surface area contributed by atoms with E-state index in [1.165, 1.54) is 6.07 Å². The SMILES string of the molecule is O=C(CCN1CCN(c2ccccc2[N+](=O)[O-])CC1)Nc1ccccc1C(=O)NC1CC1. The summed E-state index contributed by atoms with van der Waals surface area (Å²) < 4.78 is 0. The van der Waals surface area contributed by atoms with Gasteiger partial charge >= 0.3 is 0 Å². The van der Waals surface area contributed by atoms with Gasteiger partial charge in [-0.05, 0) is 31.0 Å². The topological polar surface area (TPSA) is 108 Å². The fourth-order valence-electron chi connectivity index (χ4n) is 3.85. The Morgan fingerprint density at radius 1 is 1.00 bits per heavy atom. The predicted molar refractivity (Wildman–Crippen MR) is 122 cm³/mol. The Balaban J connectivity index is 1.26. The van der Waals surface area contributed by atoms with Gasteiger partial charge in [0.25, 0.3) is 11.6 Å². The maximum Gasteiger partial charge on any atom is 0.292 e. The van der Waals surface area contributed by atoms with Gasteiger partial charge in [0.2, 0.25) is 5.91 Å². The van der Waals surface area contributed by atoms with Crippen LogP contribution in [0.3, 0.4) is 0 Å². The number of nitro groups is 1. The molecule has 2 aromatic carbocycles.